The molecule has 0 bridgehead atoms. The molecule has 0 saturated heterocycles. The van der Waals surface area contributed by atoms with Crippen LogP contribution in [0, 0.1) is 5.92 Å². The number of aliphatic hydroxyl groups is 1. The average molecular weight is 722 g/mol. The van der Waals surface area contributed by atoms with Gasteiger partial charge in [-0.1, -0.05) is 67.1 Å². The van der Waals surface area contributed by atoms with Crippen molar-refractivity contribution < 1.29 is 30.4 Å². The number of nitrogens with zero attached hydrogens (tertiary/aromatic N) is 1. The third-order valence-electron chi connectivity index (χ3n) is 9.65. The van der Waals surface area contributed by atoms with E-state index in [0.717, 1.165) is 28.3 Å². The quantitative estimate of drug-likeness (QED) is 0.186. The highest BCUT2D eigenvalue weighted by Gasteiger charge is 2.35. The minimum Gasteiger partial charge on any atom is -0.386 e. The van der Waals surface area contributed by atoms with Gasteiger partial charge in [-0.2, -0.15) is 0 Å². The van der Waals surface area contributed by atoms with Gasteiger partial charge in [0.1, 0.15) is 0 Å². The van der Waals surface area contributed by atoms with Crippen molar-refractivity contribution in [3.8, 4) is 0 Å². The molecule has 0 fully saturated rings. The molecular formula is C38H43NO7S3. The molecule has 1 heterocycles. The monoisotopic (exact) mass is 721 g/mol. The zero-order chi connectivity index (χ0) is 36.2. The number of aromatic nitrogens is 1. The molecule has 1 aliphatic carbocycles. The van der Waals surface area contributed by atoms with Crippen LogP contribution in [0.3, 0.4) is 0 Å². The number of sulfone groups is 3. The van der Waals surface area contributed by atoms with Crippen molar-refractivity contribution in [1.29, 1.82) is 0 Å². The van der Waals surface area contributed by atoms with Crippen molar-refractivity contribution >= 4 is 40.4 Å². The molecule has 4 aromatic rings. The highest BCUT2D eigenvalue weighted by atomic mass is 32.2. The van der Waals surface area contributed by atoms with E-state index in [1.807, 2.05) is 42.5 Å². The minimum absolute atomic E-state index is 0.0102. The molecule has 8 nitrogen and oxygen atoms in total. The average Bonchev–Trinajstić information content (AvgIpc) is 3.02. The lowest BCUT2D eigenvalue weighted by Gasteiger charge is -2.29. The van der Waals surface area contributed by atoms with Gasteiger partial charge in [0, 0.05) is 30.0 Å². The van der Waals surface area contributed by atoms with Gasteiger partial charge in [-0.15, -0.1) is 0 Å². The van der Waals surface area contributed by atoms with Crippen molar-refractivity contribution in [3.05, 3.63) is 125 Å². The van der Waals surface area contributed by atoms with E-state index < -0.39 is 45.1 Å². The van der Waals surface area contributed by atoms with Gasteiger partial charge in [-0.3, -0.25) is 4.98 Å². The third kappa shape index (κ3) is 7.45. The van der Waals surface area contributed by atoms with E-state index in [1.54, 1.807) is 58.2 Å². The number of hydrogen-bond acceptors (Lipinski definition) is 8. The summed E-state index contributed by atoms with van der Waals surface area (Å²) in [7, 11) is -11.0. The normalized spacial score (nSPS) is 18.3. The summed E-state index contributed by atoms with van der Waals surface area (Å²) in [6.07, 6.45) is 10.1. The predicted molar refractivity (Wildman–Crippen MR) is 195 cm³/mol. The number of hydrogen-bond donors (Lipinski definition) is 1. The minimum atomic E-state index is -4.02. The molecule has 1 aromatic heterocycles. The van der Waals surface area contributed by atoms with Gasteiger partial charge < -0.3 is 5.11 Å². The number of rotatable bonds is 10. The third-order valence-corrected chi connectivity index (χ3v) is 15.0. The Labute approximate surface area is 290 Å². The van der Waals surface area contributed by atoms with Crippen LogP contribution in [-0.2, 0) is 39.9 Å². The van der Waals surface area contributed by atoms with Crippen molar-refractivity contribution in [3.63, 3.8) is 0 Å². The second-order valence-electron chi connectivity index (χ2n) is 14.1. The van der Waals surface area contributed by atoms with E-state index >= 15 is 0 Å². The van der Waals surface area contributed by atoms with Gasteiger partial charge in [-0.25, -0.2) is 25.3 Å². The Balaban J connectivity index is 1.63. The molecule has 49 heavy (non-hydrogen) atoms. The first-order valence-corrected chi connectivity index (χ1v) is 21.3. The lowest BCUT2D eigenvalue weighted by atomic mass is 9.79. The Kier molecular flexibility index (Phi) is 9.66. The Morgan fingerprint density at radius 2 is 1.43 bits per heavy atom. The number of pyridine rings is 1. The Morgan fingerprint density at radius 1 is 0.816 bits per heavy atom. The summed E-state index contributed by atoms with van der Waals surface area (Å²) >= 11 is 0. The van der Waals surface area contributed by atoms with E-state index in [1.165, 1.54) is 30.5 Å². The lowest BCUT2D eigenvalue weighted by Crippen LogP contribution is -2.28. The summed E-state index contributed by atoms with van der Waals surface area (Å²) in [5.74, 6) is -0.251. The van der Waals surface area contributed by atoms with Crippen LogP contribution in [0.4, 0.5) is 0 Å². The summed E-state index contributed by atoms with van der Waals surface area (Å²) in [5.41, 5.74) is 2.84. The molecule has 3 unspecified atom stereocenters. The van der Waals surface area contributed by atoms with Crippen LogP contribution in [-0.4, -0.2) is 47.9 Å². The molecule has 11 heteroatoms. The largest absolute Gasteiger partial charge is 0.386 e. The van der Waals surface area contributed by atoms with E-state index in [-0.39, 0.29) is 28.0 Å². The zero-order valence-electron chi connectivity index (χ0n) is 28.7. The van der Waals surface area contributed by atoms with Crippen LogP contribution < -0.4 is 0 Å². The SMILES string of the molecule is CC1C=CC(CC(c2ccc(S(C)(=O)=O)cc2)S(=O)(=O)c2ccc(C(C)(C)O)cc2)=CC1c1cc(C(C)(C)S(C)(=O)=O)cc2cccnc12. The van der Waals surface area contributed by atoms with E-state index in [0.29, 0.717) is 16.7 Å². The highest BCUT2D eigenvalue weighted by Crippen LogP contribution is 2.42. The fourth-order valence-corrected chi connectivity index (χ4v) is 9.09. The maximum absolute atomic E-state index is 14.4. The second-order valence-corrected chi connectivity index (χ2v) is 20.8. The first kappa shape index (κ1) is 36.6. The Bertz CT molecular complexity index is 2280. The first-order chi connectivity index (χ1) is 22.6. The summed E-state index contributed by atoms with van der Waals surface area (Å²) in [5, 5.41) is 10.2. The molecule has 3 aromatic carbocycles. The zero-order valence-corrected chi connectivity index (χ0v) is 31.2. The maximum atomic E-state index is 14.4. The molecule has 0 saturated carbocycles. The number of allylic oxidation sites excluding steroid dienone is 4. The van der Waals surface area contributed by atoms with Crippen LogP contribution in [0.5, 0.6) is 0 Å². The molecule has 0 radical (unpaired) electrons. The molecule has 5 rings (SSSR count). The Hall–Kier alpha value is -3.64. The molecular weight excluding hydrogens is 679 g/mol. The summed E-state index contributed by atoms with van der Waals surface area (Å²) in [4.78, 5) is 4.84. The number of benzene rings is 3. The molecule has 0 spiro atoms. The summed E-state index contributed by atoms with van der Waals surface area (Å²) in [6.45, 7) is 8.68. The molecule has 0 aliphatic heterocycles. The van der Waals surface area contributed by atoms with Crippen LogP contribution in [0.2, 0.25) is 0 Å². The summed E-state index contributed by atoms with van der Waals surface area (Å²) < 4.78 is 77.7. The molecule has 1 N–H and O–H groups in total. The van der Waals surface area contributed by atoms with E-state index in [9.17, 15) is 30.4 Å². The van der Waals surface area contributed by atoms with Gasteiger partial charge in [0.25, 0.3) is 0 Å². The molecule has 0 amide bonds. The van der Waals surface area contributed by atoms with Crippen LogP contribution in [0.1, 0.15) is 74.5 Å². The number of fused-ring (bicyclic) bond motifs is 1. The van der Waals surface area contributed by atoms with Gasteiger partial charge in [0.05, 0.1) is 30.9 Å². The maximum Gasteiger partial charge on any atom is 0.185 e. The molecule has 260 valence electrons. The topological polar surface area (TPSA) is 136 Å². The second kappa shape index (κ2) is 12.9. The standard InChI is InChI=1S/C38H43NO7S3/c1-25-10-11-26(21-33(25)34-24-30(38(4,5)48(7,43)44)23-28-9-8-20-39-36(28)34)22-35(27-12-16-31(17-13-27)47(6,41)42)49(45,46)32-18-14-29(15-19-32)37(2,3)40/h8-21,23-25,33,35,40H,22H2,1-7H3. The van der Waals surface area contributed by atoms with Gasteiger partial charge in [-0.05, 0) is 98.7 Å². The van der Waals surface area contributed by atoms with Crippen molar-refractivity contribution in [2.24, 2.45) is 5.92 Å². The van der Waals surface area contributed by atoms with Crippen LogP contribution in [0.15, 0.2) is 113 Å². The Morgan fingerprint density at radius 3 is 2.00 bits per heavy atom. The fraction of sp³-hybridized carbons (Fsp3) is 0.342. The fourth-order valence-electron chi connectivity index (χ4n) is 6.15. The van der Waals surface area contributed by atoms with Gasteiger partial charge in [0.2, 0.25) is 0 Å². The van der Waals surface area contributed by atoms with Gasteiger partial charge in [0.15, 0.2) is 29.5 Å². The molecule has 3 atom stereocenters. The van der Waals surface area contributed by atoms with E-state index in [4.69, 9.17) is 0 Å². The lowest BCUT2D eigenvalue weighted by molar-refractivity contribution is 0.0785. The van der Waals surface area contributed by atoms with Crippen molar-refractivity contribution in [2.45, 2.75) is 72.3 Å². The van der Waals surface area contributed by atoms with Crippen molar-refractivity contribution in [2.75, 3.05) is 12.5 Å². The summed E-state index contributed by atoms with van der Waals surface area (Å²) in [6, 6.07) is 19.6. The van der Waals surface area contributed by atoms with Crippen molar-refractivity contribution in [1.82, 2.24) is 4.98 Å². The molecule has 1 aliphatic rings. The highest BCUT2D eigenvalue weighted by molar-refractivity contribution is 7.92. The smallest absolute Gasteiger partial charge is 0.185 e. The van der Waals surface area contributed by atoms with Crippen LogP contribution in [0.25, 0.3) is 10.9 Å². The van der Waals surface area contributed by atoms with Crippen LogP contribution >= 0.6 is 0 Å². The van der Waals surface area contributed by atoms with Gasteiger partial charge >= 0.3 is 0 Å². The predicted octanol–water partition coefficient (Wildman–Crippen LogP) is 6.97. The first-order valence-electron chi connectivity index (χ1n) is 15.9. The van der Waals surface area contributed by atoms with E-state index in [2.05, 4.69) is 11.9 Å².